The Morgan fingerprint density at radius 3 is 2.41 bits per heavy atom. The van der Waals surface area contributed by atoms with E-state index in [-0.39, 0.29) is 11.1 Å². The van der Waals surface area contributed by atoms with Gasteiger partial charge in [-0.1, -0.05) is 54.2 Å². The zero-order chi connectivity index (χ0) is 20.0. The fraction of sp³-hybridized carbons (Fsp3) is 0.0476. The molecule has 0 radical (unpaired) electrons. The first-order chi connectivity index (χ1) is 14.1. The number of hydrogen-bond donors (Lipinski definition) is 3. The summed E-state index contributed by atoms with van der Waals surface area (Å²) in [6, 6.07) is 23.2. The molecular formula is C21H18N6OS. The number of fused-ring (bicyclic) bond motifs is 2. The Morgan fingerprint density at radius 2 is 1.66 bits per heavy atom. The largest absolute Gasteiger partial charge is 0.354 e. The molecule has 0 bridgehead atoms. The summed E-state index contributed by atoms with van der Waals surface area (Å²) in [5, 5.41) is 10.7. The number of anilines is 2. The third kappa shape index (κ3) is 2.98. The molecule has 0 amide bonds. The Balaban J connectivity index is 1.47. The Hall–Kier alpha value is -3.49. The van der Waals surface area contributed by atoms with Gasteiger partial charge in [-0.15, -0.1) is 9.89 Å². The van der Waals surface area contributed by atoms with E-state index in [2.05, 4.69) is 16.5 Å². The van der Waals surface area contributed by atoms with E-state index < -0.39 is 0 Å². The van der Waals surface area contributed by atoms with Crippen LogP contribution >= 0.6 is 11.8 Å². The lowest BCUT2D eigenvalue weighted by Gasteiger charge is -2.25. The van der Waals surface area contributed by atoms with Crippen molar-refractivity contribution in [3.63, 3.8) is 0 Å². The molecule has 3 aromatic carbocycles. The minimum absolute atomic E-state index is 0.0943. The van der Waals surface area contributed by atoms with Gasteiger partial charge < -0.3 is 11.2 Å². The van der Waals surface area contributed by atoms with Crippen molar-refractivity contribution >= 4 is 33.9 Å². The van der Waals surface area contributed by atoms with Gasteiger partial charge >= 0.3 is 0 Å². The fourth-order valence-corrected chi connectivity index (χ4v) is 4.52. The molecule has 5 rings (SSSR count). The minimum atomic E-state index is -0.321. The Morgan fingerprint density at radius 1 is 0.966 bits per heavy atom. The molecule has 7 nitrogen and oxygen atoms in total. The van der Waals surface area contributed by atoms with Crippen LogP contribution in [-0.4, -0.2) is 15.4 Å². The Labute approximate surface area is 170 Å². The fourth-order valence-electron chi connectivity index (χ4n) is 3.44. The van der Waals surface area contributed by atoms with Gasteiger partial charge in [-0.3, -0.25) is 9.80 Å². The third-order valence-corrected chi connectivity index (χ3v) is 6.10. The van der Waals surface area contributed by atoms with E-state index in [0.29, 0.717) is 11.1 Å². The van der Waals surface area contributed by atoms with Crippen molar-refractivity contribution in [3.05, 3.63) is 83.2 Å². The van der Waals surface area contributed by atoms with Crippen LogP contribution < -0.4 is 27.6 Å². The normalized spacial score (nSPS) is 15.1. The van der Waals surface area contributed by atoms with E-state index in [0.717, 1.165) is 27.1 Å². The highest BCUT2D eigenvalue weighted by atomic mass is 32.2. The molecule has 1 atom stereocenters. The molecule has 8 heteroatoms. The van der Waals surface area contributed by atoms with E-state index >= 15 is 0 Å². The summed E-state index contributed by atoms with van der Waals surface area (Å²) in [5.41, 5.74) is 3.03. The number of nitrogens with zero attached hydrogens (tertiary/aromatic N) is 3. The highest BCUT2D eigenvalue weighted by Crippen LogP contribution is 2.39. The summed E-state index contributed by atoms with van der Waals surface area (Å²) >= 11 is 1.67. The standard InChI is InChI=1S/C21H18N6OS/c22-26(21-24-17-7-3-4-8-18(17)29-21)14-11-9-13(10-12-14)19-15-5-1-2-6-16(15)20(28)27(23)25-19/h1-12,21,24H,22-23H2. The molecule has 5 N–H and O–H groups in total. The molecule has 1 aromatic heterocycles. The molecule has 29 heavy (non-hydrogen) atoms. The number of benzene rings is 3. The lowest BCUT2D eigenvalue weighted by Crippen LogP contribution is -2.42. The van der Waals surface area contributed by atoms with E-state index in [1.165, 1.54) is 4.90 Å². The van der Waals surface area contributed by atoms with Crippen LogP contribution in [0.25, 0.3) is 22.0 Å². The first-order valence-electron chi connectivity index (χ1n) is 9.05. The summed E-state index contributed by atoms with van der Waals surface area (Å²) in [4.78, 5) is 14.3. The minimum Gasteiger partial charge on any atom is -0.354 e. The van der Waals surface area contributed by atoms with Gasteiger partial charge in [0.25, 0.3) is 5.56 Å². The van der Waals surface area contributed by atoms with E-state index in [4.69, 9.17) is 11.7 Å². The SMILES string of the molecule is NN(c1ccc(-c2nn(N)c(=O)c3ccccc23)cc1)C1Nc2ccccc2S1. The van der Waals surface area contributed by atoms with Crippen LogP contribution in [0.3, 0.4) is 0 Å². The van der Waals surface area contributed by atoms with Crippen LogP contribution in [0.1, 0.15) is 0 Å². The number of hydrazine groups is 1. The number of nitrogen functional groups attached to an aromatic ring is 1. The molecule has 0 saturated heterocycles. The highest BCUT2D eigenvalue weighted by molar-refractivity contribution is 8.00. The van der Waals surface area contributed by atoms with Gasteiger partial charge in [0.05, 0.1) is 16.8 Å². The highest BCUT2D eigenvalue weighted by Gasteiger charge is 2.25. The maximum absolute atomic E-state index is 12.2. The van der Waals surface area contributed by atoms with Gasteiger partial charge in [-0.05, 0) is 30.3 Å². The maximum Gasteiger partial charge on any atom is 0.293 e. The first-order valence-corrected chi connectivity index (χ1v) is 9.93. The smallest absolute Gasteiger partial charge is 0.293 e. The van der Waals surface area contributed by atoms with Crippen LogP contribution in [-0.2, 0) is 0 Å². The number of para-hydroxylation sites is 1. The summed E-state index contributed by atoms with van der Waals surface area (Å²) < 4.78 is 0. The van der Waals surface area contributed by atoms with Gasteiger partial charge in [0.2, 0.25) is 0 Å². The molecule has 2 heterocycles. The quantitative estimate of drug-likeness (QED) is 0.358. The summed E-state index contributed by atoms with van der Waals surface area (Å²) in [7, 11) is 0. The van der Waals surface area contributed by atoms with Gasteiger partial charge in [0.1, 0.15) is 5.69 Å². The topological polar surface area (TPSA) is 102 Å². The number of nitrogens with one attached hydrogen (secondary N) is 1. The van der Waals surface area contributed by atoms with Crippen molar-refractivity contribution in [1.29, 1.82) is 0 Å². The number of hydrogen-bond acceptors (Lipinski definition) is 7. The van der Waals surface area contributed by atoms with Crippen molar-refractivity contribution < 1.29 is 0 Å². The Bertz CT molecular complexity index is 1250. The number of aromatic nitrogens is 2. The molecule has 1 unspecified atom stereocenters. The van der Waals surface area contributed by atoms with Crippen LogP contribution in [0.15, 0.2) is 82.5 Å². The van der Waals surface area contributed by atoms with E-state index in [1.54, 1.807) is 22.8 Å². The van der Waals surface area contributed by atoms with Gasteiger partial charge in [-0.25, -0.2) is 5.84 Å². The van der Waals surface area contributed by atoms with Crippen LogP contribution in [0.5, 0.6) is 0 Å². The number of nitrogens with two attached hydrogens (primary N) is 2. The third-order valence-electron chi connectivity index (χ3n) is 4.92. The number of rotatable bonds is 3. The van der Waals surface area contributed by atoms with E-state index in [1.807, 2.05) is 60.7 Å². The summed E-state index contributed by atoms with van der Waals surface area (Å²) in [6.07, 6.45) is 0. The van der Waals surface area contributed by atoms with Crippen molar-refractivity contribution in [2.45, 2.75) is 10.4 Å². The average molecular weight is 402 g/mol. The zero-order valence-corrected chi connectivity index (χ0v) is 16.1. The van der Waals surface area contributed by atoms with Crippen molar-refractivity contribution in [2.24, 2.45) is 5.84 Å². The molecule has 0 fully saturated rings. The molecule has 144 valence electrons. The average Bonchev–Trinajstić information content (AvgIpc) is 3.20. The van der Waals surface area contributed by atoms with E-state index in [9.17, 15) is 4.79 Å². The predicted octanol–water partition coefficient (Wildman–Crippen LogP) is 2.96. The summed E-state index contributed by atoms with van der Waals surface area (Å²) in [6.45, 7) is 0. The second-order valence-electron chi connectivity index (χ2n) is 6.71. The van der Waals surface area contributed by atoms with Crippen molar-refractivity contribution in [3.8, 4) is 11.3 Å². The zero-order valence-electron chi connectivity index (χ0n) is 15.3. The second kappa shape index (κ2) is 6.84. The van der Waals surface area contributed by atoms with Gasteiger partial charge in [-0.2, -0.15) is 0 Å². The molecule has 0 saturated carbocycles. The van der Waals surface area contributed by atoms with Crippen LogP contribution in [0.2, 0.25) is 0 Å². The second-order valence-corrected chi connectivity index (χ2v) is 7.83. The molecule has 1 aliphatic rings. The predicted molar refractivity (Wildman–Crippen MR) is 118 cm³/mol. The Kier molecular flexibility index (Phi) is 4.15. The molecule has 4 aromatic rings. The monoisotopic (exact) mass is 402 g/mol. The van der Waals surface area contributed by atoms with Crippen molar-refractivity contribution in [1.82, 2.24) is 9.89 Å². The van der Waals surface area contributed by atoms with Gasteiger partial charge in [0, 0.05) is 15.8 Å². The van der Waals surface area contributed by atoms with Crippen molar-refractivity contribution in [2.75, 3.05) is 16.2 Å². The molecule has 0 spiro atoms. The number of thioether (sulfide) groups is 1. The summed E-state index contributed by atoms with van der Waals surface area (Å²) in [5.74, 6) is 12.2. The first kappa shape index (κ1) is 17.6. The molecular weight excluding hydrogens is 384 g/mol. The maximum atomic E-state index is 12.2. The molecule has 0 aliphatic carbocycles. The van der Waals surface area contributed by atoms with Crippen LogP contribution in [0.4, 0.5) is 11.4 Å². The van der Waals surface area contributed by atoms with Crippen LogP contribution in [0, 0.1) is 0 Å². The molecule has 1 aliphatic heterocycles. The lowest BCUT2D eigenvalue weighted by atomic mass is 10.0. The lowest BCUT2D eigenvalue weighted by molar-refractivity contribution is 0.781. The van der Waals surface area contributed by atoms with Gasteiger partial charge in [0.15, 0.2) is 5.50 Å².